The number of thiazole rings is 1. The van der Waals surface area contributed by atoms with Gasteiger partial charge in [0, 0.05) is 13.1 Å². The SMILES string of the molecule is CCOc1ccc2nc(N(CCN(CC)CC)C(=O)COc3ccc(C(C)C)cc3)sc2c1. The summed E-state index contributed by atoms with van der Waals surface area (Å²) in [6, 6.07) is 13.8. The molecule has 0 saturated carbocycles. The average molecular weight is 470 g/mol. The first-order valence-corrected chi connectivity index (χ1v) is 12.6. The van der Waals surface area contributed by atoms with Crippen molar-refractivity contribution < 1.29 is 14.3 Å². The van der Waals surface area contributed by atoms with Gasteiger partial charge in [-0.2, -0.15) is 0 Å². The van der Waals surface area contributed by atoms with Crippen molar-refractivity contribution in [2.75, 3.05) is 44.3 Å². The first kappa shape index (κ1) is 25.0. The van der Waals surface area contributed by atoms with Gasteiger partial charge in [0.05, 0.1) is 16.8 Å². The first-order valence-electron chi connectivity index (χ1n) is 11.7. The number of carbonyl (C=O) groups is 1. The minimum atomic E-state index is -0.0980. The molecule has 0 fully saturated rings. The molecule has 33 heavy (non-hydrogen) atoms. The topological polar surface area (TPSA) is 54.9 Å². The summed E-state index contributed by atoms with van der Waals surface area (Å²) in [4.78, 5) is 22.1. The molecule has 0 spiro atoms. The Morgan fingerprint density at radius 3 is 2.30 bits per heavy atom. The number of benzene rings is 2. The molecule has 1 heterocycles. The van der Waals surface area contributed by atoms with E-state index in [4.69, 9.17) is 14.5 Å². The maximum Gasteiger partial charge on any atom is 0.266 e. The second-order valence-corrected chi connectivity index (χ2v) is 9.15. The molecule has 0 radical (unpaired) electrons. The first-order chi connectivity index (χ1) is 15.9. The molecule has 178 valence electrons. The number of hydrogen-bond acceptors (Lipinski definition) is 6. The average Bonchev–Trinajstić information content (AvgIpc) is 3.24. The van der Waals surface area contributed by atoms with Crippen LogP contribution < -0.4 is 14.4 Å². The van der Waals surface area contributed by atoms with E-state index in [1.165, 1.54) is 16.9 Å². The highest BCUT2D eigenvalue weighted by Crippen LogP contribution is 2.31. The molecule has 0 aliphatic rings. The molecule has 0 aliphatic heterocycles. The van der Waals surface area contributed by atoms with Crippen LogP contribution in [0.15, 0.2) is 42.5 Å². The third-order valence-corrected chi connectivity index (χ3v) is 6.68. The van der Waals surface area contributed by atoms with E-state index in [2.05, 4.69) is 32.6 Å². The van der Waals surface area contributed by atoms with Crippen molar-refractivity contribution >= 4 is 32.6 Å². The number of amides is 1. The Morgan fingerprint density at radius 2 is 1.67 bits per heavy atom. The summed E-state index contributed by atoms with van der Waals surface area (Å²) in [5.74, 6) is 1.87. The van der Waals surface area contributed by atoms with E-state index in [1.807, 2.05) is 49.4 Å². The molecule has 7 heteroatoms. The van der Waals surface area contributed by atoms with Crippen molar-refractivity contribution in [3.05, 3.63) is 48.0 Å². The third kappa shape index (κ3) is 6.68. The van der Waals surface area contributed by atoms with Gasteiger partial charge in [0.1, 0.15) is 11.5 Å². The fourth-order valence-corrected chi connectivity index (χ4v) is 4.58. The van der Waals surface area contributed by atoms with E-state index in [1.54, 1.807) is 4.90 Å². The van der Waals surface area contributed by atoms with Gasteiger partial charge in [-0.05, 0) is 61.8 Å². The van der Waals surface area contributed by atoms with Crippen LogP contribution >= 0.6 is 11.3 Å². The fraction of sp³-hybridized carbons (Fsp3) is 0.462. The van der Waals surface area contributed by atoms with Crippen LogP contribution in [0.25, 0.3) is 10.2 Å². The zero-order valence-electron chi connectivity index (χ0n) is 20.3. The molecule has 2 aromatic carbocycles. The summed E-state index contributed by atoms with van der Waals surface area (Å²) < 4.78 is 12.5. The van der Waals surface area contributed by atoms with Gasteiger partial charge in [0.25, 0.3) is 5.91 Å². The van der Waals surface area contributed by atoms with Crippen LogP contribution in [0.3, 0.4) is 0 Å². The van der Waals surface area contributed by atoms with Crippen LogP contribution in [0.5, 0.6) is 11.5 Å². The standard InChI is InChI=1S/C26H35N3O3S/c1-6-28(7-2)15-16-29(25(30)18-32-21-11-9-20(10-12-21)19(4)5)26-27-23-14-13-22(31-8-3)17-24(23)33-26/h9-14,17,19H,6-8,15-16,18H2,1-5H3. The summed E-state index contributed by atoms with van der Waals surface area (Å²) in [6.07, 6.45) is 0. The molecule has 1 aromatic heterocycles. The second-order valence-electron chi connectivity index (χ2n) is 8.14. The smallest absolute Gasteiger partial charge is 0.266 e. The lowest BCUT2D eigenvalue weighted by molar-refractivity contribution is -0.120. The lowest BCUT2D eigenvalue weighted by Gasteiger charge is -2.24. The van der Waals surface area contributed by atoms with E-state index < -0.39 is 0 Å². The normalized spacial score (nSPS) is 11.4. The fourth-order valence-electron chi connectivity index (χ4n) is 3.54. The number of anilines is 1. The van der Waals surface area contributed by atoms with Crippen LogP contribution in [0.2, 0.25) is 0 Å². The highest BCUT2D eigenvalue weighted by molar-refractivity contribution is 7.22. The van der Waals surface area contributed by atoms with Gasteiger partial charge >= 0.3 is 0 Å². The van der Waals surface area contributed by atoms with E-state index in [9.17, 15) is 4.79 Å². The molecule has 0 N–H and O–H groups in total. The van der Waals surface area contributed by atoms with Gasteiger partial charge in [-0.25, -0.2) is 4.98 Å². The second kappa shape index (κ2) is 12.0. The summed E-state index contributed by atoms with van der Waals surface area (Å²) in [7, 11) is 0. The van der Waals surface area contributed by atoms with Gasteiger partial charge in [-0.15, -0.1) is 0 Å². The number of ether oxygens (including phenoxy) is 2. The van der Waals surface area contributed by atoms with Gasteiger partial charge in [0.2, 0.25) is 0 Å². The lowest BCUT2D eigenvalue weighted by atomic mass is 10.0. The molecule has 6 nitrogen and oxygen atoms in total. The van der Waals surface area contributed by atoms with Crippen LogP contribution in [0.1, 0.15) is 46.1 Å². The predicted molar refractivity (Wildman–Crippen MR) is 137 cm³/mol. The van der Waals surface area contributed by atoms with Gasteiger partial charge in [-0.1, -0.05) is 51.2 Å². The summed E-state index contributed by atoms with van der Waals surface area (Å²) >= 11 is 1.51. The number of nitrogens with zero attached hydrogens (tertiary/aromatic N) is 3. The van der Waals surface area contributed by atoms with E-state index >= 15 is 0 Å². The maximum absolute atomic E-state index is 13.3. The van der Waals surface area contributed by atoms with E-state index in [0.29, 0.717) is 30.0 Å². The van der Waals surface area contributed by atoms with E-state index in [0.717, 1.165) is 35.6 Å². The molecule has 3 aromatic rings. The third-order valence-electron chi connectivity index (χ3n) is 5.63. The number of likely N-dealkylation sites (N-methyl/N-ethyl adjacent to an activating group) is 1. The minimum Gasteiger partial charge on any atom is -0.494 e. The van der Waals surface area contributed by atoms with Crippen molar-refractivity contribution in [1.82, 2.24) is 9.88 Å². The maximum atomic E-state index is 13.3. The molecule has 0 saturated heterocycles. The summed E-state index contributed by atoms with van der Waals surface area (Å²) in [5.41, 5.74) is 2.11. The Morgan fingerprint density at radius 1 is 0.970 bits per heavy atom. The number of carbonyl (C=O) groups excluding carboxylic acids is 1. The molecule has 0 atom stereocenters. The molecule has 1 amide bonds. The molecule has 0 unspecified atom stereocenters. The Bertz CT molecular complexity index is 1030. The highest BCUT2D eigenvalue weighted by Gasteiger charge is 2.21. The van der Waals surface area contributed by atoms with Crippen LogP contribution in [-0.2, 0) is 4.79 Å². The van der Waals surface area contributed by atoms with Crippen LogP contribution in [-0.4, -0.2) is 55.2 Å². The number of rotatable bonds is 12. The zero-order valence-corrected chi connectivity index (χ0v) is 21.2. The van der Waals surface area contributed by atoms with Crippen LogP contribution in [0, 0.1) is 0 Å². The van der Waals surface area contributed by atoms with Gasteiger partial charge < -0.3 is 14.4 Å². The summed E-state index contributed by atoms with van der Waals surface area (Å²) in [5, 5.41) is 0.689. The minimum absolute atomic E-state index is 0.0284. The van der Waals surface area contributed by atoms with E-state index in [-0.39, 0.29) is 12.5 Å². The van der Waals surface area contributed by atoms with Crippen molar-refractivity contribution in [3.63, 3.8) is 0 Å². The Kier molecular flexibility index (Phi) is 9.09. The van der Waals surface area contributed by atoms with Crippen LogP contribution in [0.4, 0.5) is 5.13 Å². The monoisotopic (exact) mass is 469 g/mol. The number of fused-ring (bicyclic) bond motifs is 1. The predicted octanol–water partition coefficient (Wildman–Crippen LogP) is 5.57. The largest absolute Gasteiger partial charge is 0.494 e. The highest BCUT2D eigenvalue weighted by atomic mass is 32.1. The molecule has 0 aliphatic carbocycles. The van der Waals surface area contributed by atoms with Crippen molar-refractivity contribution in [2.45, 2.75) is 40.5 Å². The van der Waals surface area contributed by atoms with Gasteiger partial charge in [0.15, 0.2) is 11.7 Å². The summed E-state index contributed by atoms with van der Waals surface area (Å²) in [6.45, 7) is 14.3. The molecule has 3 rings (SSSR count). The number of hydrogen-bond donors (Lipinski definition) is 0. The lowest BCUT2D eigenvalue weighted by Crippen LogP contribution is -2.41. The quantitative estimate of drug-likeness (QED) is 0.347. The Labute approximate surface area is 201 Å². The van der Waals surface area contributed by atoms with Crippen molar-refractivity contribution in [1.29, 1.82) is 0 Å². The Balaban J connectivity index is 1.77. The van der Waals surface area contributed by atoms with Crippen molar-refractivity contribution in [3.8, 4) is 11.5 Å². The molecular weight excluding hydrogens is 434 g/mol. The zero-order chi connectivity index (χ0) is 23.8. The number of aromatic nitrogens is 1. The Hall–Kier alpha value is -2.64. The van der Waals surface area contributed by atoms with Gasteiger partial charge in [-0.3, -0.25) is 9.69 Å². The molecule has 0 bridgehead atoms. The molecular formula is C26H35N3O3S. The van der Waals surface area contributed by atoms with Crippen molar-refractivity contribution in [2.24, 2.45) is 0 Å².